The molecule has 0 aliphatic heterocycles. The maximum Gasteiger partial charge on any atom is 0.165 e. The van der Waals surface area contributed by atoms with Crippen LogP contribution in [0.3, 0.4) is 0 Å². The number of aryl methyl sites for hydroxylation is 1. The van der Waals surface area contributed by atoms with Crippen LogP contribution in [0.2, 0.25) is 0 Å². The van der Waals surface area contributed by atoms with E-state index in [1.165, 1.54) is 5.56 Å². The molecule has 2 aromatic carbocycles. The number of benzene rings is 2. The van der Waals surface area contributed by atoms with E-state index in [2.05, 4.69) is 48.3 Å². The zero-order valence-electron chi connectivity index (χ0n) is 15.8. The molecule has 0 saturated heterocycles. The largest absolute Gasteiger partial charge is 0.350 e. The van der Waals surface area contributed by atoms with Crippen LogP contribution in [0.5, 0.6) is 0 Å². The molecule has 1 aromatic heterocycles. The van der Waals surface area contributed by atoms with Crippen molar-refractivity contribution in [3.63, 3.8) is 0 Å². The fourth-order valence-electron chi connectivity index (χ4n) is 3.52. The predicted molar refractivity (Wildman–Crippen MR) is 108 cm³/mol. The third-order valence-electron chi connectivity index (χ3n) is 4.94. The highest BCUT2D eigenvalue weighted by atomic mass is 16.1. The number of carbonyl (C=O) groups is 1. The van der Waals surface area contributed by atoms with Gasteiger partial charge in [-0.25, -0.2) is 0 Å². The summed E-state index contributed by atoms with van der Waals surface area (Å²) in [5.74, 6) is 0.263. The number of ketones is 1. The SMILES string of the molecule is CN(CCCCCC(=O)c1cn(C)c2ccccc12)Cc1ccccc1. The van der Waals surface area contributed by atoms with Crippen molar-refractivity contribution in [1.82, 2.24) is 9.47 Å². The molecule has 3 aromatic rings. The molecule has 0 aliphatic rings. The number of carbonyl (C=O) groups excluding carboxylic acids is 1. The van der Waals surface area contributed by atoms with Crippen molar-refractivity contribution in [2.24, 2.45) is 7.05 Å². The average molecular weight is 348 g/mol. The van der Waals surface area contributed by atoms with Crippen LogP contribution in [0.1, 0.15) is 41.6 Å². The Morgan fingerprint density at radius 3 is 2.50 bits per heavy atom. The van der Waals surface area contributed by atoms with Crippen molar-refractivity contribution in [3.05, 3.63) is 71.9 Å². The van der Waals surface area contributed by atoms with Crippen molar-refractivity contribution in [1.29, 1.82) is 0 Å². The lowest BCUT2D eigenvalue weighted by Crippen LogP contribution is -2.19. The van der Waals surface area contributed by atoms with Crippen LogP contribution in [0, 0.1) is 0 Å². The summed E-state index contributed by atoms with van der Waals surface area (Å²) in [6.07, 6.45) is 5.79. The van der Waals surface area contributed by atoms with Crippen molar-refractivity contribution >= 4 is 16.7 Å². The fraction of sp³-hybridized carbons (Fsp3) is 0.348. The standard InChI is InChI=1S/C23H28N2O/c1-24(17-19-11-5-3-6-12-19)16-10-4-7-15-23(26)21-18-25(2)22-14-9-8-13-20(21)22/h3,5-6,8-9,11-14,18H,4,7,10,15-17H2,1-2H3. The molecule has 26 heavy (non-hydrogen) atoms. The molecule has 0 fully saturated rings. The van der Waals surface area contributed by atoms with Crippen LogP contribution in [0.25, 0.3) is 10.9 Å². The number of unbranched alkanes of at least 4 members (excludes halogenated alkanes) is 2. The van der Waals surface area contributed by atoms with Gasteiger partial charge >= 0.3 is 0 Å². The van der Waals surface area contributed by atoms with Crippen LogP contribution in [0.4, 0.5) is 0 Å². The van der Waals surface area contributed by atoms with Crippen LogP contribution < -0.4 is 0 Å². The van der Waals surface area contributed by atoms with E-state index in [1.54, 1.807) is 0 Å². The Labute approximate surface area is 156 Å². The monoisotopic (exact) mass is 348 g/mol. The normalized spacial score (nSPS) is 11.3. The molecule has 0 aliphatic carbocycles. The molecule has 1 heterocycles. The molecule has 0 N–H and O–H groups in total. The zero-order valence-corrected chi connectivity index (χ0v) is 15.8. The van der Waals surface area contributed by atoms with E-state index in [4.69, 9.17) is 0 Å². The second-order valence-corrected chi connectivity index (χ2v) is 7.13. The fourth-order valence-corrected chi connectivity index (χ4v) is 3.52. The zero-order chi connectivity index (χ0) is 18.4. The molecule has 0 spiro atoms. The number of Topliss-reactive ketones (excluding diaryl/α,β-unsaturated/α-hetero) is 1. The molecule has 136 valence electrons. The predicted octanol–water partition coefficient (Wildman–Crippen LogP) is 5.05. The first kappa shape index (κ1) is 18.4. The van der Waals surface area contributed by atoms with Gasteiger partial charge in [0.2, 0.25) is 0 Å². The third-order valence-corrected chi connectivity index (χ3v) is 4.94. The minimum absolute atomic E-state index is 0.263. The van der Waals surface area contributed by atoms with Crippen molar-refractivity contribution in [3.8, 4) is 0 Å². The highest BCUT2D eigenvalue weighted by Crippen LogP contribution is 2.22. The first-order valence-electron chi connectivity index (χ1n) is 9.45. The summed E-state index contributed by atoms with van der Waals surface area (Å²) < 4.78 is 2.04. The summed E-state index contributed by atoms with van der Waals surface area (Å²) >= 11 is 0. The minimum Gasteiger partial charge on any atom is -0.350 e. The minimum atomic E-state index is 0.263. The summed E-state index contributed by atoms with van der Waals surface area (Å²) in [6, 6.07) is 18.7. The number of para-hydroxylation sites is 1. The quantitative estimate of drug-likeness (QED) is 0.399. The van der Waals surface area contributed by atoms with Crippen molar-refractivity contribution in [2.75, 3.05) is 13.6 Å². The summed E-state index contributed by atoms with van der Waals surface area (Å²) in [6.45, 7) is 2.05. The molecular weight excluding hydrogens is 320 g/mol. The first-order chi connectivity index (χ1) is 12.6. The highest BCUT2D eigenvalue weighted by molar-refractivity contribution is 6.08. The van der Waals surface area contributed by atoms with Gasteiger partial charge in [0.15, 0.2) is 5.78 Å². The van der Waals surface area contributed by atoms with Crippen LogP contribution >= 0.6 is 0 Å². The molecule has 0 bridgehead atoms. The lowest BCUT2D eigenvalue weighted by molar-refractivity contribution is 0.0980. The molecule has 3 rings (SSSR count). The van der Waals surface area contributed by atoms with E-state index >= 15 is 0 Å². The van der Waals surface area contributed by atoms with E-state index in [0.29, 0.717) is 6.42 Å². The smallest absolute Gasteiger partial charge is 0.165 e. The van der Waals surface area contributed by atoms with Gasteiger partial charge in [-0.3, -0.25) is 4.79 Å². The summed E-state index contributed by atoms with van der Waals surface area (Å²) in [4.78, 5) is 14.9. The molecule has 3 nitrogen and oxygen atoms in total. The van der Waals surface area contributed by atoms with E-state index in [0.717, 1.165) is 48.8 Å². The Morgan fingerprint density at radius 2 is 1.69 bits per heavy atom. The first-order valence-corrected chi connectivity index (χ1v) is 9.45. The lowest BCUT2D eigenvalue weighted by atomic mass is 10.0. The number of hydrogen-bond donors (Lipinski definition) is 0. The van der Waals surface area contributed by atoms with Crippen molar-refractivity contribution in [2.45, 2.75) is 32.2 Å². The average Bonchev–Trinajstić information content (AvgIpc) is 2.99. The van der Waals surface area contributed by atoms with E-state index < -0.39 is 0 Å². The van der Waals surface area contributed by atoms with Gasteiger partial charge in [0.05, 0.1) is 0 Å². The van der Waals surface area contributed by atoms with Gasteiger partial charge < -0.3 is 9.47 Å². The van der Waals surface area contributed by atoms with Crippen molar-refractivity contribution < 1.29 is 4.79 Å². The Morgan fingerprint density at radius 1 is 0.962 bits per heavy atom. The van der Waals surface area contributed by atoms with E-state index in [1.807, 2.05) is 36.0 Å². The maximum atomic E-state index is 12.6. The number of hydrogen-bond acceptors (Lipinski definition) is 2. The Balaban J connectivity index is 1.41. The van der Waals surface area contributed by atoms with E-state index in [9.17, 15) is 4.79 Å². The molecule has 0 unspecified atom stereocenters. The molecule has 0 amide bonds. The Bertz CT molecular complexity index is 851. The van der Waals surface area contributed by atoms with Gasteiger partial charge in [0, 0.05) is 42.7 Å². The molecule has 0 atom stereocenters. The van der Waals surface area contributed by atoms with Gasteiger partial charge in [-0.1, -0.05) is 55.0 Å². The van der Waals surface area contributed by atoms with Gasteiger partial charge in [-0.05, 0) is 38.1 Å². The molecule has 0 radical (unpaired) electrons. The van der Waals surface area contributed by atoms with Crippen LogP contribution in [-0.2, 0) is 13.6 Å². The topological polar surface area (TPSA) is 25.2 Å². The summed E-state index contributed by atoms with van der Waals surface area (Å²) in [7, 11) is 4.16. The number of nitrogens with zero attached hydrogens (tertiary/aromatic N) is 2. The van der Waals surface area contributed by atoms with Crippen LogP contribution in [0.15, 0.2) is 60.8 Å². The Kier molecular flexibility index (Phi) is 6.24. The molecule has 0 saturated carbocycles. The van der Waals surface area contributed by atoms with Gasteiger partial charge in [-0.2, -0.15) is 0 Å². The Hall–Kier alpha value is -2.39. The lowest BCUT2D eigenvalue weighted by Gasteiger charge is -2.16. The summed E-state index contributed by atoms with van der Waals surface area (Å²) in [5.41, 5.74) is 3.34. The number of aromatic nitrogens is 1. The second kappa shape index (κ2) is 8.81. The van der Waals surface area contributed by atoms with Gasteiger partial charge in [0.25, 0.3) is 0 Å². The van der Waals surface area contributed by atoms with Gasteiger partial charge in [-0.15, -0.1) is 0 Å². The molecule has 3 heteroatoms. The summed E-state index contributed by atoms with van der Waals surface area (Å²) in [5, 5.41) is 1.07. The highest BCUT2D eigenvalue weighted by Gasteiger charge is 2.13. The van der Waals surface area contributed by atoms with Gasteiger partial charge in [0.1, 0.15) is 0 Å². The third kappa shape index (κ3) is 4.61. The maximum absolute atomic E-state index is 12.6. The number of rotatable bonds is 9. The molecular formula is C23H28N2O. The second-order valence-electron chi connectivity index (χ2n) is 7.13. The number of fused-ring (bicyclic) bond motifs is 1. The van der Waals surface area contributed by atoms with E-state index in [-0.39, 0.29) is 5.78 Å². The van der Waals surface area contributed by atoms with Crippen LogP contribution in [-0.4, -0.2) is 28.8 Å².